The molecule has 6 heteroatoms. The summed E-state index contributed by atoms with van der Waals surface area (Å²) >= 11 is 7.55. The summed E-state index contributed by atoms with van der Waals surface area (Å²) in [7, 11) is 0. The van der Waals surface area contributed by atoms with Crippen molar-refractivity contribution in [2.45, 2.75) is 11.3 Å². The Morgan fingerprint density at radius 2 is 1.90 bits per heavy atom. The SMILES string of the molecule is Nc1ccc(Cl)cc1SCCc1ccc([N+](=O)[O-])cc1. The Balaban J connectivity index is 1.92. The normalized spacial score (nSPS) is 10.4. The third-order valence-corrected chi connectivity index (χ3v) is 4.08. The van der Waals surface area contributed by atoms with Gasteiger partial charge < -0.3 is 5.73 Å². The first-order chi connectivity index (χ1) is 9.56. The van der Waals surface area contributed by atoms with E-state index < -0.39 is 4.92 Å². The van der Waals surface area contributed by atoms with Crippen molar-refractivity contribution in [2.24, 2.45) is 0 Å². The molecular formula is C14H13ClN2O2S. The molecule has 2 aromatic carbocycles. The van der Waals surface area contributed by atoms with Gasteiger partial charge in [0.05, 0.1) is 4.92 Å². The van der Waals surface area contributed by atoms with Crippen LogP contribution in [-0.4, -0.2) is 10.7 Å². The quantitative estimate of drug-likeness (QED) is 0.389. The Morgan fingerprint density at radius 3 is 2.55 bits per heavy atom. The van der Waals surface area contributed by atoms with E-state index in [2.05, 4.69) is 0 Å². The molecule has 4 nitrogen and oxygen atoms in total. The maximum absolute atomic E-state index is 10.6. The monoisotopic (exact) mass is 308 g/mol. The van der Waals surface area contributed by atoms with Gasteiger partial charge in [0, 0.05) is 33.5 Å². The molecule has 0 aliphatic rings. The van der Waals surface area contributed by atoms with E-state index in [0.717, 1.165) is 22.6 Å². The van der Waals surface area contributed by atoms with Crippen LogP contribution in [0.25, 0.3) is 0 Å². The number of thioether (sulfide) groups is 1. The van der Waals surface area contributed by atoms with Crippen molar-refractivity contribution in [3.8, 4) is 0 Å². The van der Waals surface area contributed by atoms with Gasteiger partial charge in [0.25, 0.3) is 5.69 Å². The molecule has 0 radical (unpaired) electrons. The number of nitro benzene ring substituents is 1. The van der Waals surface area contributed by atoms with Crippen LogP contribution in [0.4, 0.5) is 11.4 Å². The van der Waals surface area contributed by atoms with E-state index in [1.165, 1.54) is 12.1 Å². The molecule has 0 aliphatic heterocycles. The molecule has 0 aromatic heterocycles. The molecule has 0 unspecified atom stereocenters. The van der Waals surface area contributed by atoms with Crippen LogP contribution in [0.15, 0.2) is 47.4 Å². The second-order valence-corrected chi connectivity index (χ2v) is 5.78. The number of non-ortho nitro benzene ring substituents is 1. The highest BCUT2D eigenvalue weighted by atomic mass is 35.5. The highest BCUT2D eigenvalue weighted by Gasteiger charge is 2.05. The lowest BCUT2D eigenvalue weighted by Crippen LogP contribution is -1.93. The zero-order valence-electron chi connectivity index (χ0n) is 10.6. The maximum Gasteiger partial charge on any atom is 0.269 e. The highest BCUT2D eigenvalue weighted by molar-refractivity contribution is 7.99. The highest BCUT2D eigenvalue weighted by Crippen LogP contribution is 2.28. The number of hydrogen-bond acceptors (Lipinski definition) is 4. The van der Waals surface area contributed by atoms with Gasteiger partial charge in [-0.05, 0) is 30.2 Å². The zero-order chi connectivity index (χ0) is 14.5. The topological polar surface area (TPSA) is 69.2 Å². The largest absolute Gasteiger partial charge is 0.398 e. The van der Waals surface area contributed by atoms with Crippen LogP contribution in [0, 0.1) is 10.1 Å². The molecule has 0 spiro atoms. The van der Waals surface area contributed by atoms with Crippen LogP contribution >= 0.6 is 23.4 Å². The second kappa shape index (κ2) is 6.63. The van der Waals surface area contributed by atoms with E-state index in [4.69, 9.17) is 17.3 Å². The van der Waals surface area contributed by atoms with Crippen LogP contribution in [0.2, 0.25) is 5.02 Å². The smallest absolute Gasteiger partial charge is 0.269 e. The summed E-state index contributed by atoms with van der Waals surface area (Å²) in [5.74, 6) is 0.836. The number of nitrogens with two attached hydrogens (primary N) is 1. The molecule has 0 saturated heterocycles. The van der Waals surface area contributed by atoms with Crippen LogP contribution in [0.3, 0.4) is 0 Å². The van der Waals surface area contributed by atoms with E-state index in [1.54, 1.807) is 36.0 Å². The molecule has 0 saturated carbocycles. The van der Waals surface area contributed by atoms with Crippen LogP contribution in [0.1, 0.15) is 5.56 Å². The second-order valence-electron chi connectivity index (χ2n) is 4.20. The van der Waals surface area contributed by atoms with Gasteiger partial charge in [-0.3, -0.25) is 10.1 Å². The van der Waals surface area contributed by atoms with Gasteiger partial charge in [-0.25, -0.2) is 0 Å². The molecule has 2 rings (SSSR count). The van der Waals surface area contributed by atoms with Gasteiger partial charge in [-0.15, -0.1) is 11.8 Å². The molecule has 104 valence electrons. The summed E-state index contributed by atoms with van der Waals surface area (Å²) in [6.07, 6.45) is 0.814. The Bertz CT molecular complexity index is 617. The number of nitrogens with zero attached hydrogens (tertiary/aromatic N) is 1. The van der Waals surface area contributed by atoms with Crippen LogP contribution < -0.4 is 5.73 Å². The summed E-state index contributed by atoms with van der Waals surface area (Å²) < 4.78 is 0. The lowest BCUT2D eigenvalue weighted by molar-refractivity contribution is -0.384. The fourth-order valence-electron chi connectivity index (χ4n) is 1.70. The molecule has 0 atom stereocenters. The standard InChI is InChI=1S/C14H13ClN2O2S/c15-11-3-6-13(16)14(9-11)20-8-7-10-1-4-12(5-2-10)17(18)19/h1-6,9H,7-8,16H2. The summed E-state index contributed by atoms with van der Waals surface area (Å²) in [4.78, 5) is 11.1. The molecule has 2 aromatic rings. The first kappa shape index (κ1) is 14.7. The van der Waals surface area contributed by atoms with Crippen LogP contribution in [-0.2, 0) is 6.42 Å². The molecular weight excluding hydrogens is 296 g/mol. The summed E-state index contributed by atoms with van der Waals surface area (Å²) in [5.41, 5.74) is 7.75. The Labute approximate surface area is 126 Å². The molecule has 20 heavy (non-hydrogen) atoms. The van der Waals surface area contributed by atoms with Crippen molar-refractivity contribution in [1.82, 2.24) is 0 Å². The number of rotatable bonds is 5. The molecule has 0 aliphatic carbocycles. The predicted molar refractivity (Wildman–Crippen MR) is 83.4 cm³/mol. The Morgan fingerprint density at radius 1 is 1.20 bits per heavy atom. The number of nitro groups is 1. The van der Waals surface area contributed by atoms with Crippen molar-refractivity contribution in [3.05, 3.63) is 63.2 Å². The van der Waals surface area contributed by atoms with E-state index in [9.17, 15) is 10.1 Å². The van der Waals surface area contributed by atoms with E-state index >= 15 is 0 Å². The summed E-state index contributed by atoms with van der Waals surface area (Å²) in [5, 5.41) is 11.2. The van der Waals surface area contributed by atoms with Crippen molar-refractivity contribution in [2.75, 3.05) is 11.5 Å². The predicted octanol–water partition coefficient (Wildman–Crippen LogP) is 4.17. The number of nitrogen functional groups attached to an aromatic ring is 1. The maximum atomic E-state index is 10.6. The summed E-state index contributed by atoms with van der Waals surface area (Å²) in [6, 6.07) is 12.0. The molecule has 0 heterocycles. The van der Waals surface area contributed by atoms with Gasteiger partial charge >= 0.3 is 0 Å². The number of aryl methyl sites for hydroxylation is 1. The number of hydrogen-bond donors (Lipinski definition) is 1. The number of anilines is 1. The third-order valence-electron chi connectivity index (χ3n) is 2.77. The number of halogens is 1. The first-order valence-corrected chi connectivity index (χ1v) is 7.34. The van der Waals surface area contributed by atoms with Gasteiger partial charge in [-0.1, -0.05) is 23.7 Å². The van der Waals surface area contributed by atoms with Gasteiger partial charge in [0.1, 0.15) is 0 Å². The minimum Gasteiger partial charge on any atom is -0.398 e. The minimum absolute atomic E-state index is 0.112. The fourth-order valence-corrected chi connectivity index (χ4v) is 2.94. The Hall–Kier alpha value is -1.72. The molecule has 0 fully saturated rings. The van der Waals surface area contributed by atoms with Gasteiger partial charge in [-0.2, -0.15) is 0 Å². The van der Waals surface area contributed by atoms with Crippen molar-refractivity contribution >= 4 is 34.7 Å². The Kier molecular flexibility index (Phi) is 4.87. The third kappa shape index (κ3) is 3.88. The lowest BCUT2D eigenvalue weighted by atomic mass is 10.1. The molecule has 0 amide bonds. The van der Waals surface area contributed by atoms with Crippen molar-refractivity contribution in [1.29, 1.82) is 0 Å². The van der Waals surface area contributed by atoms with E-state index in [0.29, 0.717) is 10.7 Å². The van der Waals surface area contributed by atoms with Crippen molar-refractivity contribution < 1.29 is 4.92 Å². The van der Waals surface area contributed by atoms with Gasteiger partial charge in [0.2, 0.25) is 0 Å². The average molecular weight is 309 g/mol. The lowest BCUT2D eigenvalue weighted by Gasteiger charge is -2.06. The number of benzene rings is 2. The summed E-state index contributed by atoms with van der Waals surface area (Å²) in [6.45, 7) is 0. The first-order valence-electron chi connectivity index (χ1n) is 5.97. The fraction of sp³-hybridized carbons (Fsp3) is 0.143. The zero-order valence-corrected chi connectivity index (χ0v) is 12.2. The van der Waals surface area contributed by atoms with Gasteiger partial charge in [0.15, 0.2) is 0 Å². The van der Waals surface area contributed by atoms with Crippen molar-refractivity contribution in [3.63, 3.8) is 0 Å². The average Bonchev–Trinajstić information content (AvgIpc) is 2.43. The minimum atomic E-state index is -0.398. The molecule has 0 bridgehead atoms. The molecule has 2 N–H and O–H groups in total. The van der Waals surface area contributed by atoms with Crippen LogP contribution in [0.5, 0.6) is 0 Å². The van der Waals surface area contributed by atoms with E-state index in [-0.39, 0.29) is 5.69 Å². The van der Waals surface area contributed by atoms with E-state index in [1.807, 2.05) is 6.07 Å².